The summed E-state index contributed by atoms with van der Waals surface area (Å²) in [5, 5.41) is 5.28. The van der Waals surface area contributed by atoms with Crippen LogP contribution in [0.2, 0.25) is 0 Å². The minimum Gasteiger partial charge on any atom is -0.289 e. The Morgan fingerprint density at radius 2 is 1.87 bits per heavy atom. The summed E-state index contributed by atoms with van der Waals surface area (Å²) in [6.45, 7) is 0. The van der Waals surface area contributed by atoms with E-state index in [0.29, 0.717) is 16.2 Å². The predicted octanol–water partition coefficient (Wildman–Crippen LogP) is 3.15. The zero-order valence-corrected chi connectivity index (χ0v) is 14.0. The van der Waals surface area contributed by atoms with Gasteiger partial charge in [-0.3, -0.25) is 4.79 Å². The normalized spacial score (nSPS) is 16.2. The van der Waals surface area contributed by atoms with Gasteiger partial charge in [0.05, 0.1) is 15.8 Å². The molecule has 1 aromatic heterocycles. The van der Waals surface area contributed by atoms with Gasteiger partial charge in [0, 0.05) is 10.9 Å². The first-order valence-corrected chi connectivity index (χ1v) is 9.79. The lowest BCUT2D eigenvalue weighted by molar-refractivity contribution is 0.104. The van der Waals surface area contributed by atoms with Gasteiger partial charge in [0.2, 0.25) is 0 Å². The van der Waals surface area contributed by atoms with Gasteiger partial charge in [-0.05, 0) is 60.8 Å². The Morgan fingerprint density at radius 3 is 2.48 bits per heavy atom. The lowest BCUT2D eigenvalue weighted by atomic mass is 10.1. The van der Waals surface area contributed by atoms with Crippen LogP contribution in [0.1, 0.15) is 41.7 Å². The highest BCUT2D eigenvalue weighted by atomic mass is 32.2. The molecule has 0 saturated heterocycles. The van der Waals surface area contributed by atoms with Gasteiger partial charge in [-0.2, -0.15) is 0 Å². The third-order valence-electron chi connectivity index (χ3n) is 3.99. The molecular formula is C16H16N2O3S2. The molecule has 0 unspecified atom stereocenters. The lowest BCUT2D eigenvalue weighted by Gasteiger charge is -2.11. The second-order valence-electron chi connectivity index (χ2n) is 5.50. The number of sulfone groups is 1. The fraction of sp³-hybridized carbons (Fsp3) is 0.312. The van der Waals surface area contributed by atoms with Crippen molar-refractivity contribution < 1.29 is 13.2 Å². The van der Waals surface area contributed by atoms with Gasteiger partial charge in [0.15, 0.2) is 15.6 Å². The predicted molar refractivity (Wildman–Crippen MR) is 89.2 cm³/mol. The molecule has 1 aromatic carbocycles. The highest BCUT2D eigenvalue weighted by molar-refractivity contribution is 7.92. The van der Waals surface area contributed by atoms with Gasteiger partial charge < -0.3 is 0 Å². The van der Waals surface area contributed by atoms with Crippen LogP contribution in [0.3, 0.4) is 0 Å². The second-order valence-corrected chi connectivity index (χ2v) is 8.34. The number of ketones is 1. The molecule has 0 amide bonds. The number of benzene rings is 1. The average molecular weight is 348 g/mol. The number of allylic oxidation sites excluding steroid dienone is 1. The van der Waals surface area contributed by atoms with Gasteiger partial charge >= 0.3 is 0 Å². The maximum atomic E-state index is 12.5. The van der Waals surface area contributed by atoms with Crippen molar-refractivity contribution in [3.05, 3.63) is 47.0 Å². The van der Waals surface area contributed by atoms with Crippen molar-refractivity contribution in [3.8, 4) is 0 Å². The quantitative estimate of drug-likeness (QED) is 0.613. The molecule has 120 valence electrons. The molecule has 0 bridgehead atoms. The first-order chi connectivity index (χ1) is 11.1. The van der Waals surface area contributed by atoms with Crippen LogP contribution in [0.15, 0.2) is 40.6 Å². The van der Waals surface area contributed by atoms with Crippen molar-refractivity contribution in [2.75, 3.05) is 0 Å². The zero-order valence-electron chi connectivity index (χ0n) is 12.4. The molecule has 0 radical (unpaired) electrons. The van der Waals surface area contributed by atoms with Crippen molar-refractivity contribution in [1.82, 2.24) is 9.59 Å². The SMILES string of the molecule is O=C(/C=C\c1csnn1)c1ccc(S(=O)(=O)C2CCCC2)cc1. The van der Waals surface area contributed by atoms with E-state index in [4.69, 9.17) is 0 Å². The molecule has 1 fully saturated rings. The average Bonchev–Trinajstić information content (AvgIpc) is 3.26. The molecular weight excluding hydrogens is 332 g/mol. The molecule has 7 heteroatoms. The first-order valence-electron chi connectivity index (χ1n) is 7.41. The van der Waals surface area contributed by atoms with Crippen LogP contribution in [0.4, 0.5) is 0 Å². The molecule has 0 atom stereocenters. The molecule has 0 aliphatic heterocycles. The Labute approximate surface area is 139 Å². The summed E-state index contributed by atoms with van der Waals surface area (Å²) in [4.78, 5) is 12.4. The van der Waals surface area contributed by atoms with E-state index in [2.05, 4.69) is 9.59 Å². The summed E-state index contributed by atoms with van der Waals surface area (Å²) >= 11 is 1.21. The summed E-state index contributed by atoms with van der Waals surface area (Å²) in [7, 11) is -3.28. The van der Waals surface area contributed by atoms with E-state index in [9.17, 15) is 13.2 Å². The second kappa shape index (κ2) is 6.72. The maximum Gasteiger partial charge on any atom is 0.185 e. The van der Waals surface area contributed by atoms with E-state index in [-0.39, 0.29) is 11.0 Å². The zero-order chi connectivity index (χ0) is 16.3. The number of aromatic nitrogens is 2. The Morgan fingerprint density at radius 1 is 1.17 bits per heavy atom. The van der Waals surface area contributed by atoms with Gasteiger partial charge in [-0.15, -0.1) is 5.10 Å². The number of nitrogens with zero attached hydrogens (tertiary/aromatic N) is 2. The number of carbonyl (C=O) groups excluding carboxylic acids is 1. The molecule has 1 aliphatic carbocycles. The van der Waals surface area contributed by atoms with Crippen LogP contribution in [-0.4, -0.2) is 29.0 Å². The van der Waals surface area contributed by atoms with Gasteiger partial charge in [0.1, 0.15) is 0 Å². The maximum absolute atomic E-state index is 12.5. The highest BCUT2D eigenvalue weighted by Gasteiger charge is 2.30. The van der Waals surface area contributed by atoms with E-state index < -0.39 is 9.84 Å². The molecule has 23 heavy (non-hydrogen) atoms. The Balaban J connectivity index is 1.75. The summed E-state index contributed by atoms with van der Waals surface area (Å²) in [5.74, 6) is -0.192. The number of carbonyl (C=O) groups is 1. The van der Waals surface area contributed by atoms with Crippen molar-refractivity contribution in [3.63, 3.8) is 0 Å². The standard InChI is InChI=1S/C16H16N2O3S2/c19-16(10-7-13-11-22-18-17-13)12-5-8-15(9-6-12)23(20,21)14-3-1-2-4-14/h5-11,14H,1-4H2/b10-7-. The lowest BCUT2D eigenvalue weighted by Crippen LogP contribution is -2.17. The van der Waals surface area contributed by atoms with E-state index in [0.717, 1.165) is 25.7 Å². The molecule has 1 heterocycles. The number of hydrogen-bond acceptors (Lipinski definition) is 6. The van der Waals surface area contributed by atoms with E-state index in [1.807, 2.05) is 0 Å². The van der Waals surface area contributed by atoms with Crippen LogP contribution in [-0.2, 0) is 9.84 Å². The third kappa shape index (κ3) is 3.56. The van der Waals surface area contributed by atoms with Crippen LogP contribution in [0.5, 0.6) is 0 Å². The van der Waals surface area contributed by atoms with E-state index in [1.54, 1.807) is 23.6 Å². The Hall–Kier alpha value is -1.86. The van der Waals surface area contributed by atoms with Crippen molar-refractivity contribution in [2.24, 2.45) is 0 Å². The van der Waals surface area contributed by atoms with Crippen molar-refractivity contribution in [2.45, 2.75) is 35.8 Å². The highest BCUT2D eigenvalue weighted by Crippen LogP contribution is 2.29. The Kier molecular flexibility index (Phi) is 4.68. The van der Waals surface area contributed by atoms with Gasteiger partial charge in [-0.25, -0.2) is 8.42 Å². The Bertz CT molecular complexity index is 804. The number of rotatable bonds is 5. The first kappa shape index (κ1) is 16.0. The smallest absolute Gasteiger partial charge is 0.185 e. The summed E-state index contributed by atoms with van der Waals surface area (Å²) < 4.78 is 28.7. The van der Waals surface area contributed by atoms with Gasteiger partial charge in [0.25, 0.3) is 0 Å². The van der Waals surface area contributed by atoms with Crippen LogP contribution in [0.25, 0.3) is 6.08 Å². The van der Waals surface area contributed by atoms with E-state index >= 15 is 0 Å². The van der Waals surface area contributed by atoms with Crippen molar-refractivity contribution >= 4 is 33.2 Å². The fourth-order valence-corrected chi connectivity index (χ4v) is 4.98. The summed E-state index contributed by atoms with van der Waals surface area (Å²) in [5.41, 5.74) is 1.08. The monoisotopic (exact) mass is 348 g/mol. The molecule has 0 N–H and O–H groups in total. The van der Waals surface area contributed by atoms with Crippen LogP contribution < -0.4 is 0 Å². The van der Waals surface area contributed by atoms with Gasteiger partial charge in [-0.1, -0.05) is 17.3 Å². The minimum atomic E-state index is -3.28. The largest absolute Gasteiger partial charge is 0.289 e. The van der Waals surface area contributed by atoms with Crippen molar-refractivity contribution in [1.29, 1.82) is 0 Å². The number of hydrogen-bond donors (Lipinski definition) is 0. The molecule has 0 spiro atoms. The molecule has 1 saturated carbocycles. The van der Waals surface area contributed by atoms with E-state index in [1.165, 1.54) is 29.7 Å². The van der Waals surface area contributed by atoms with Crippen LogP contribution in [0, 0.1) is 0 Å². The fourth-order valence-electron chi connectivity index (χ4n) is 2.70. The molecule has 5 nitrogen and oxygen atoms in total. The molecule has 3 rings (SSSR count). The summed E-state index contributed by atoms with van der Waals surface area (Å²) in [6, 6.07) is 6.18. The topological polar surface area (TPSA) is 77.0 Å². The molecule has 1 aliphatic rings. The summed E-state index contributed by atoms with van der Waals surface area (Å²) in [6.07, 6.45) is 6.40. The molecule has 2 aromatic rings. The van der Waals surface area contributed by atoms with Crippen LogP contribution >= 0.6 is 11.5 Å². The minimum absolute atomic E-state index is 0.192. The third-order valence-corrected chi connectivity index (χ3v) is 6.79.